The van der Waals surface area contributed by atoms with Crippen molar-refractivity contribution in [2.45, 2.75) is 52.0 Å². The number of thiazole rings is 1. The number of nitrogens with one attached hydrogen (secondary N) is 3. The highest BCUT2D eigenvalue weighted by atomic mass is 32.1. The minimum atomic E-state index is -4.42. The lowest BCUT2D eigenvalue weighted by Gasteiger charge is -2.31. The van der Waals surface area contributed by atoms with Crippen LogP contribution in [-0.4, -0.2) is 29.6 Å². The lowest BCUT2D eigenvalue weighted by molar-refractivity contribution is -0.140. The molecule has 5 nitrogen and oxygen atoms in total. The second-order valence-corrected chi connectivity index (χ2v) is 8.28. The molecule has 9 heteroatoms. The molecule has 0 aliphatic carbocycles. The quantitative estimate of drug-likeness (QED) is 0.433. The Hall–Kier alpha value is -2.13. The molecule has 0 bridgehead atoms. The second-order valence-electron chi connectivity index (χ2n) is 7.33. The van der Waals surface area contributed by atoms with E-state index in [0.717, 1.165) is 16.7 Å². The maximum absolute atomic E-state index is 12.7. The molecular weight excluding hydrogens is 399 g/mol. The molecule has 1 aromatic heterocycles. The SMILES string of the molecule is CCNC(=NCc1nc(C(F)(F)F)cs1)NCC(C)(C)NC(C)c1ccccc1. The zero-order valence-electron chi connectivity index (χ0n) is 17.1. The average Bonchev–Trinajstić information content (AvgIpc) is 3.14. The monoisotopic (exact) mass is 427 g/mol. The van der Waals surface area contributed by atoms with Crippen molar-refractivity contribution < 1.29 is 13.2 Å². The van der Waals surface area contributed by atoms with Crippen molar-refractivity contribution in [3.8, 4) is 0 Å². The molecule has 160 valence electrons. The Morgan fingerprint density at radius 1 is 1.17 bits per heavy atom. The first-order chi connectivity index (χ1) is 13.6. The summed E-state index contributed by atoms with van der Waals surface area (Å²) in [5.41, 5.74) is 0.0899. The van der Waals surface area contributed by atoms with Crippen LogP contribution in [0.5, 0.6) is 0 Å². The van der Waals surface area contributed by atoms with Gasteiger partial charge in [-0.05, 0) is 33.3 Å². The highest BCUT2D eigenvalue weighted by Gasteiger charge is 2.33. The zero-order chi connectivity index (χ0) is 21.5. The molecule has 0 saturated heterocycles. The predicted molar refractivity (Wildman–Crippen MR) is 112 cm³/mol. The second kappa shape index (κ2) is 10.1. The van der Waals surface area contributed by atoms with Gasteiger partial charge in [0, 0.05) is 30.1 Å². The molecular formula is C20H28F3N5S. The third-order valence-electron chi connectivity index (χ3n) is 4.16. The molecule has 0 aliphatic rings. The van der Waals surface area contributed by atoms with Crippen LogP contribution in [0.2, 0.25) is 0 Å². The van der Waals surface area contributed by atoms with E-state index in [-0.39, 0.29) is 18.1 Å². The van der Waals surface area contributed by atoms with Gasteiger partial charge in [0.05, 0.1) is 6.54 Å². The number of aliphatic imine (C=N–C) groups is 1. The number of guanidine groups is 1. The lowest BCUT2D eigenvalue weighted by Crippen LogP contribution is -2.52. The van der Waals surface area contributed by atoms with E-state index in [9.17, 15) is 13.2 Å². The van der Waals surface area contributed by atoms with Gasteiger partial charge in [0.15, 0.2) is 11.7 Å². The van der Waals surface area contributed by atoms with Crippen LogP contribution >= 0.6 is 11.3 Å². The van der Waals surface area contributed by atoms with E-state index in [1.54, 1.807) is 0 Å². The van der Waals surface area contributed by atoms with Crippen molar-refractivity contribution >= 4 is 17.3 Å². The van der Waals surface area contributed by atoms with Crippen molar-refractivity contribution in [3.63, 3.8) is 0 Å². The number of rotatable bonds is 8. The first-order valence-electron chi connectivity index (χ1n) is 9.47. The van der Waals surface area contributed by atoms with Gasteiger partial charge >= 0.3 is 6.18 Å². The van der Waals surface area contributed by atoms with Gasteiger partial charge in [-0.15, -0.1) is 11.3 Å². The highest BCUT2D eigenvalue weighted by molar-refractivity contribution is 7.09. The zero-order valence-corrected chi connectivity index (χ0v) is 17.9. The van der Waals surface area contributed by atoms with Crippen LogP contribution in [0.25, 0.3) is 0 Å². The Bertz CT molecular complexity index is 787. The summed E-state index contributed by atoms with van der Waals surface area (Å²) in [6.45, 7) is 9.52. The van der Waals surface area contributed by atoms with Crippen LogP contribution in [0.3, 0.4) is 0 Å². The van der Waals surface area contributed by atoms with Crippen LogP contribution in [0.1, 0.15) is 50.0 Å². The standard InChI is InChI=1S/C20H28F3N5S/c1-5-24-18(25-11-17-27-16(12-29-17)20(21,22)23)26-13-19(3,4)28-14(2)15-9-7-6-8-10-15/h6-10,12,14,28H,5,11,13H2,1-4H3,(H2,24,25,26). The van der Waals surface area contributed by atoms with Crippen LogP contribution < -0.4 is 16.0 Å². The topological polar surface area (TPSA) is 61.3 Å². The summed E-state index contributed by atoms with van der Waals surface area (Å²) in [5, 5.41) is 11.3. The Morgan fingerprint density at radius 2 is 1.86 bits per heavy atom. The van der Waals surface area contributed by atoms with Gasteiger partial charge in [0.25, 0.3) is 0 Å². The van der Waals surface area contributed by atoms with Gasteiger partial charge in [-0.3, -0.25) is 0 Å². The third kappa shape index (κ3) is 7.66. The Balaban J connectivity index is 1.95. The van der Waals surface area contributed by atoms with Gasteiger partial charge in [0.2, 0.25) is 0 Å². The number of hydrogen-bond donors (Lipinski definition) is 3. The Labute approximate surface area is 173 Å². The molecule has 0 fully saturated rings. The van der Waals surface area contributed by atoms with Crippen molar-refractivity contribution in [3.05, 3.63) is 52.0 Å². The number of aromatic nitrogens is 1. The molecule has 3 N–H and O–H groups in total. The molecule has 0 saturated carbocycles. The van der Waals surface area contributed by atoms with Gasteiger partial charge in [-0.2, -0.15) is 13.2 Å². The van der Waals surface area contributed by atoms with Crippen molar-refractivity contribution in [2.24, 2.45) is 4.99 Å². The number of alkyl halides is 3. The van der Waals surface area contributed by atoms with Crippen molar-refractivity contribution in [1.29, 1.82) is 0 Å². The maximum atomic E-state index is 12.7. The van der Waals surface area contributed by atoms with E-state index < -0.39 is 11.9 Å². The van der Waals surface area contributed by atoms with E-state index in [1.807, 2.05) is 25.1 Å². The highest BCUT2D eigenvalue weighted by Crippen LogP contribution is 2.30. The minimum absolute atomic E-state index is 0.0877. The van der Waals surface area contributed by atoms with E-state index in [1.165, 1.54) is 5.56 Å². The van der Waals surface area contributed by atoms with Gasteiger partial charge in [0.1, 0.15) is 5.01 Å². The fourth-order valence-electron chi connectivity index (χ4n) is 2.77. The normalized spacial score (nSPS) is 14.0. The molecule has 0 spiro atoms. The van der Waals surface area contributed by atoms with Crippen LogP contribution in [-0.2, 0) is 12.7 Å². The molecule has 1 unspecified atom stereocenters. The van der Waals surface area contributed by atoms with Crippen LogP contribution in [0.4, 0.5) is 13.2 Å². The molecule has 0 amide bonds. The van der Waals surface area contributed by atoms with Crippen molar-refractivity contribution in [2.75, 3.05) is 13.1 Å². The summed E-state index contributed by atoms with van der Waals surface area (Å²) < 4.78 is 38.0. The largest absolute Gasteiger partial charge is 0.434 e. The molecule has 29 heavy (non-hydrogen) atoms. The number of benzene rings is 1. The summed E-state index contributed by atoms with van der Waals surface area (Å²) >= 11 is 0.960. The molecule has 1 atom stereocenters. The summed E-state index contributed by atoms with van der Waals surface area (Å²) in [7, 11) is 0. The summed E-state index contributed by atoms with van der Waals surface area (Å²) in [6, 6.07) is 10.3. The number of halogens is 3. The third-order valence-corrected chi connectivity index (χ3v) is 5.00. The summed E-state index contributed by atoms with van der Waals surface area (Å²) in [6.07, 6.45) is -4.42. The molecule has 2 rings (SSSR count). The molecule has 1 heterocycles. The van der Waals surface area contributed by atoms with Crippen molar-refractivity contribution in [1.82, 2.24) is 20.9 Å². The maximum Gasteiger partial charge on any atom is 0.434 e. The minimum Gasteiger partial charge on any atom is -0.357 e. The molecule has 0 aliphatic heterocycles. The Morgan fingerprint density at radius 3 is 2.45 bits per heavy atom. The molecule has 0 radical (unpaired) electrons. The van der Waals surface area contributed by atoms with E-state index in [4.69, 9.17) is 0 Å². The van der Waals surface area contributed by atoms with E-state index in [2.05, 4.69) is 58.8 Å². The first-order valence-corrected chi connectivity index (χ1v) is 10.3. The van der Waals surface area contributed by atoms with Gasteiger partial charge in [-0.1, -0.05) is 30.3 Å². The average molecular weight is 428 g/mol. The van der Waals surface area contributed by atoms with Gasteiger partial charge in [-0.25, -0.2) is 9.98 Å². The van der Waals surface area contributed by atoms with Crippen LogP contribution in [0.15, 0.2) is 40.7 Å². The number of hydrogen-bond acceptors (Lipinski definition) is 4. The Kier molecular flexibility index (Phi) is 8.04. The van der Waals surface area contributed by atoms with E-state index >= 15 is 0 Å². The first kappa shape index (κ1) is 23.2. The van der Waals surface area contributed by atoms with Gasteiger partial charge < -0.3 is 16.0 Å². The number of nitrogens with zero attached hydrogens (tertiary/aromatic N) is 2. The summed E-state index contributed by atoms with van der Waals surface area (Å²) in [4.78, 5) is 7.98. The fourth-order valence-corrected chi connectivity index (χ4v) is 3.49. The summed E-state index contributed by atoms with van der Waals surface area (Å²) in [5.74, 6) is 0.540. The fraction of sp³-hybridized carbons (Fsp3) is 0.500. The van der Waals surface area contributed by atoms with Crippen LogP contribution in [0, 0.1) is 0 Å². The lowest BCUT2D eigenvalue weighted by atomic mass is 10.0. The predicted octanol–water partition coefficient (Wildman–Crippen LogP) is 4.35. The molecule has 2 aromatic rings. The smallest absolute Gasteiger partial charge is 0.357 e. The molecule has 1 aromatic carbocycles. The van der Waals surface area contributed by atoms with E-state index in [0.29, 0.717) is 24.1 Å².